The molecule has 0 saturated heterocycles. The zero-order valence-electron chi connectivity index (χ0n) is 15.3. The highest BCUT2D eigenvalue weighted by Crippen LogP contribution is 2.24. The minimum atomic E-state index is -0.143. The van der Waals surface area contributed by atoms with Crippen molar-refractivity contribution in [3.8, 4) is 17.1 Å². The van der Waals surface area contributed by atoms with E-state index >= 15 is 0 Å². The monoisotopic (exact) mass is 392 g/mol. The minimum absolute atomic E-state index is 0.143. The Hall–Kier alpha value is -3.32. The Morgan fingerprint density at radius 2 is 2.07 bits per heavy atom. The predicted molar refractivity (Wildman–Crippen MR) is 109 cm³/mol. The van der Waals surface area contributed by atoms with Gasteiger partial charge in [-0.2, -0.15) is 5.10 Å². The molecule has 28 heavy (non-hydrogen) atoms. The van der Waals surface area contributed by atoms with Gasteiger partial charge in [0.2, 0.25) is 5.91 Å². The predicted octanol–water partition coefficient (Wildman–Crippen LogP) is 4.19. The average Bonchev–Trinajstić information content (AvgIpc) is 3.18. The lowest BCUT2D eigenvalue weighted by Gasteiger charge is -2.06. The first-order chi connectivity index (χ1) is 13.5. The Balaban J connectivity index is 1.69. The van der Waals surface area contributed by atoms with Crippen LogP contribution in [0.25, 0.3) is 27.8 Å². The highest BCUT2D eigenvalue weighted by Gasteiger charge is 2.11. The number of nitrogens with zero attached hydrogens (tertiary/aromatic N) is 5. The van der Waals surface area contributed by atoms with Gasteiger partial charge in [-0.3, -0.25) is 9.78 Å². The molecular formula is C20H17ClN6O. The number of hydrogen-bond acceptors (Lipinski definition) is 5. The molecule has 0 atom stereocenters. The van der Waals surface area contributed by atoms with E-state index in [4.69, 9.17) is 11.6 Å². The Morgan fingerprint density at radius 3 is 2.89 bits per heavy atom. The summed E-state index contributed by atoms with van der Waals surface area (Å²) in [6.07, 6.45) is 3.81. The van der Waals surface area contributed by atoms with Gasteiger partial charge in [0.15, 0.2) is 5.82 Å². The molecule has 0 aliphatic carbocycles. The van der Waals surface area contributed by atoms with Crippen LogP contribution in [0, 0.1) is 6.92 Å². The van der Waals surface area contributed by atoms with Crippen LogP contribution in [0.1, 0.15) is 19.0 Å². The van der Waals surface area contributed by atoms with Crippen molar-refractivity contribution >= 4 is 34.1 Å². The number of pyridine rings is 2. The molecule has 0 radical (unpaired) electrons. The molecule has 1 aromatic carbocycles. The van der Waals surface area contributed by atoms with E-state index in [1.54, 1.807) is 31.5 Å². The molecule has 0 spiro atoms. The third-order valence-electron chi connectivity index (χ3n) is 4.32. The van der Waals surface area contributed by atoms with Gasteiger partial charge in [0, 0.05) is 40.4 Å². The van der Waals surface area contributed by atoms with Crippen LogP contribution in [0.4, 0.5) is 5.82 Å². The van der Waals surface area contributed by atoms with E-state index in [1.807, 2.05) is 25.1 Å². The van der Waals surface area contributed by atoms with Crippen molar-refractivity contribution in [2.45, 2.75) is 20.3 Å². The van der Waals surface area contributed by atoms with Gasteiger partial charge in [0.1, 0.15) is 11.5 Å². The first-order valence-corrected chi connectivity index (χ1v) is 9.17. The Labute approximate surface area is 166 Å². The molecule has 0 saturated carbocycles. The van der Waals surface area contributed by atoms with Gasteiger partial charge in [-0.1, -0.05) is 30.7 Å². The second kappa shape index (κ2) is 7.36. The topological polar surface area (TPSA) is 85.6 Å². The first-order valence-electron chi connectivity index (χ1n) is 8.79. The molecule has 4 rings (SSSR count). The van der Waals surface area contributed by atoms with E-state index in [9.17, 15) is 4.79 Å². The van der Waals surface area contributed by atoms with Crippen molar-refractivity contribution in [2.24, 2.45) is 0 Å². The van der Waals surface area contributed by atoms with Gasteiger partial charge < -0.3 is 5.32 Å². The van der Waals surface area contributed by atoms with Gasteiger partial charge in [0.05, 0.1) is 6.20 Å². The van der Waals surface area contributed by atoms with Crippen LogP contribution in [0.3, 0.4) is 0 Å². The minimum Gasteiger partial charge on any atom is -0.311 e. The van der Waals surface area contributed by atoms with Gasteiger partial charge in [-0.05, 0) is 30.5 Å². The summed E-state index contributed by atoms with van der Waals surface area (Å²) in [5.74, 6) is 0.642. The molecule has 7 nitrogen and oxygen atoms in total. The number of aromatic nitrogens is 5. The van der Waals surface area contributed by atoms with Crippen molar-refractivity contribution < 1.29 is 4.79 Å². The van der Waals surface area contributed by atoms with Crippen LogP contribution in [-0.4, -0.2) is 30.9 Å². The second-order valence-corrected chi connectivity index (χ2v) is 6.72. The van der Waals surface area contributed by atoms with E-state index in [0.29, 0.717) is 28.8 Å². The lowest BCUT2D eigenvalue weighted by Crippen LogP contribution is -2.12. The number of aryl methyl sites for hydroxylation is 1. The molecule has 3 aromatic heterocycles. The standard InChI is InChI=1S/C20H17ClN6O/c1-3-20(28)25-18-9-15(21)10-19(24-18)27-23-11-17(26-27)14-4-5-16-12(2)22-7-6-13(16)8-14/h4-11H,3H2,1-2H3,(H,24,25,28). The lowest BCUT2D eigenvalue weighted by molar-refractivity contribution is -0.115. The third-order valence-corrected chi connectivity index (χ3v) is 4.54. The van der Waals surface area contributed by atoms with E-state index in [0.717, 1.165) is 22.0 Å². The van der Waals surface area contributed by atoms with Crippen molar-refractivity contribution in [1.82, 2.24) is 25.0 Å². The summed E-state index contributed by atoms with van der Waals surface area (Å²) in [5.41, 5.74) is 2.63. The lowest BCUT2D eigenvalue weighted by atomic mass is 10.1. The normalized spacial score (nSPS) is 11.0. The Morgan fingerprint density at radius 1 is 1.21 bits per heavy atom. The number of rotatable bonds is 4. The van der Waals surface area contributed by atoms with Crippen molar-refractivity contribution in [3.63, 3.8) is 0 Å². The van der Waals surface area contributed by atoms with Gasteiger partial charge in [-0.25, -0.2) is 4.98 Å². The molecule has 4 aromatic rings. The third kappa shape index (κ3) is 3.57. The molecular weight excluding hydrogens is 376 g/mol. The number of carbonyl (C=O) groups is 1. The van der Waals surface area contributed by atoms with Crippen LogP contribution in [0.15, 0.2) is 48.8 Å². The Bertz CT molecular complexity index is 1190. The number of anilines is 1. The zero-order valence-corrected chi connectivity index (χ0v) is 16.1. The van der Waals surface area contributed by atoms with Gasteiger partial charge in [0.25, 0.3) is 0 Å². The quantitative estimate of drug-likeness (QED) is 0.562. The summed E-state index contributed by atoms with van der Waals surface area (Å²) in [6.45, 7) is 3.75. The van der Waals surface area contributed by atoms with Crippen LogP contribution in [-0.2, 0) is 4.79 Å². The molecule has 0 unspecified atom stereocenters. The summed E-state index contributed by atoms with van der Waals surface area (Å²) in [4.78, 5) is 21.7. The number of fused-ring (bicyclic) bond motifs is 1. The van der Waals surface area contributed by atoms with Crippen molar-refractivity contribution in [1.29, 1.82) is 0 Å². The molecule has 1 N–H and O–H groups in total. The number of benzene rings is 1. The number of carbonyl (C=O) groups excluding carboxylic acids is 1. The zero-order chi connectivity index (χ0) is 19.7. The maximum atomic E-state index is 11.6. The summed E-state index contributed by atoms with van der Waals surface area (Å²) < 4.78 is 0. The van der Waals surface area contributed by atoms with Crippen LogP contribution >= 0.6 is 11.6 Å². The van der Waals surface area contributed by atoms with Crippen LogP contribution < -0.4 is 5.32 Å². The fourth-order valence-corrected chi connectivity index (χ4v) is 3.08. The highest BCUT2D eigenvalue weighted by atomic mass is 35.5. The van der Waals surface area contributed by atoms with E-state index in [2.05, 4.69) is 31.5 Å². The van der Waals surface area contributed by atoms with Crippen molar-refractivity contribution in [2.75, 3.05) is 5.32 Å². The fourth-order valence-electron chi connectivity index (χ4n) is 2.88. The largest absolute Gasteiger partial charge is 0.311 e. The second-order valence-electron chi connectivity index (χ2n) is 6.28. The molecule has 3 heterocycles. The van der Waals surface area contributed by atoms with Crippen LogP contribution in [0.5, 0.6) is 0 Å². The number of halogens is 1. The maximum absolute atomic E-state index is 11.6. The summed E-state index contributed by atoms with van der Waals surface area (Å²) in [5, 5.41) is 14.1. The van der Waals surface area contributed by atoms with E-state index < -0.39 is 0 Å². The molecule has 140 valence electrons. The molecule has 1 amide bonds. The number of nitrogens with one attached hydrogen (secondary N) is 1. The molecule has 0 bridgehead atoms. The summed E-state index contributed by atoms with van der Waals surface area (Å²) >= 11 is 6.16. The molecule has 0 aliphatic rings. The Kier molecular flexibility index (Phi) is 4.75. The molecule has 0 aliphatic heterocycles. The highest BCUT2D eigenvalue weighted by molar-refractivity contribution is 6.31. The van der Waals surface area contributed by atoms with Gasteiger partial charge >= 0.3 is 0 Å². The van der Waals surface area contributed by atoms with Gasteiger partial charge in [-0.15, -0.1) is 9.90 Å². The molecule has 0 fully saturated rings. The maximum Gasteiger partial charge on any atom is 0.225 e. The van der Waals surface area contributed by atoms with Crippen molar-refractivity contribution in [3.05, 3.63) is 59.5 Å². The molecule has 8 heteroatoms. The SMILES string of the molecule is CCC(=O)Nc1cc(Cl)cc(-n2ncc(-c3ccc4c(C)nccc4c3)n2)n1. The first kappa shape index (κ1) is 18.1. The fraction of sp³-hybridized carbons (Fsp3) is 0.150. The summed E-state index contributed by atoms with van der Waals surface area (Å²) in [7, 11) is 0. The van der Waals surface area contributed by atoms with Crippen LogP contribution in [0.2, 0.25) is 5.02 Å². The summed E-state index contributed by atoms with van der Waals surface area (Å²) in [6, 6.07) is 11.3. The number of hydrogen-bond donors (Lipinski definition) is 1. The van der Waals surface area contributed by atoms with E-state index in [-0.39, 0.29) is 5.91 Å². The van der Waals surface area contributed by atoms with E-state index in [1.165, 1.54) is 4.80 Å². The average molecular weight is 393 g/mol. The number of amides is 1. The smallest absolute Gasteiger partial charge is 0.225 e.